The molecular formula is C11H13ClFNO5S. The van der Waals surface area contributed by atoms with Gasteiger partial charge < -0.3 is 9.47 Å². The largest absolute Gasteiger partial charge is 0.460 e. The Morgan fingerprint density at radius 2 is 2.05 bits per heavy atom. The molecule has 0 radical (unpaired) electrons. The van der Waals surface area contributed by atoms with Gasteiger partial charge in [-0.25, -0.2) is 22.7 Å². The van der Waals surface area contributed by atoms with E-state index < -0.39 is 37.3 Å². The van der Waals surface area contributed by atoms with Gasteiger partial charge in [0.1, 0.15) is 17.3 Å². The molecule has 0 aliphatic rings. The average molecular weight is 326 g/mol. The number of benzene rings is 1. The number of nitrogens with two attached hydrogens (primary N) is 1. The van der Waals surface area contributed by atoms with Crippen LogP contribution in [0.3, 0.4) is 0 Å². The Balaban J connectivity index is 2.98. The lowest BCUT2D eigenvalue weighted by Crippen LogP contribution is -2.16. The molecule has 0 unspecified atom stereocenters. The number of carbonyl (C=O) groups excluding carboxylic acids is 1. The lowest BCUT2D eigenvalue weighted by molar-refractivity contribution is 0.0330. The van der Waals surface area contributed by atoms with Crippen LogP contribution in [0.1, 0.15) is 17.3 Å². The highest BCUT2D eigenvalue weighted by atomic mass is 35.5. The number of sulfonamides is 1. The van der Waals surface area contributed by atoms with Gasteiger partial charge in [-0.3, -0.25) is 0 Å². The molecule has 20 heavy (non-hydrogen) atoms. The van der Waals surface area contributed by atoms with E-state index in [1.807, 2.05) is 0 Å². The van der Waals surface area contributed by atoms with Gasteiger partial charge in [0.15, 0.2) is 0 Å². The molecule has 9 heteroatoms. The van der Waals surface area contributed by atoms with Gasteiger partial charge in [0.05, 0.1) is 17.2 Å². The van der Waals surface area contributed by atoms with Crippen molar-refractivity contribution in [1.29, 1.82) is 0 Å². The first-order valence-corrected chi connectivity index (χ1v) is 7.46. The number of primary sulfonamides is 1. The van der Waals surface area contributed by atoms with Crippen molar-refractivity contribution in [3.05, 3.63) is 28.5 Å². The van der Waals surface area contributed by atoms with Gasteiger partial charge in [-0.05, 0) is 19.1 Å². The van der Waals surface area contributed by atoms with Gasteiger partial charge in [-0.1, -0.05) is 11.6 Å². The maximum atomic E-state index is 13.6. The molecule has 0 fully saturated rings. The Bertz CT molecular complexity index is 605. The highest BCUT2D eigenvalue weighted by molar-refractivity contribution is 7.89. The van der Waals surface area contributed by atoms with Crippen molar-refractivity contribution in [3.8, 4) is 0 Å². The summed E-state index contributed by atoms with van der Waals surface area (Å²) in [6, 6.07) is 1.44. The van der Waals surface area contributed by atoms with Gasteiger partial charge in [-0.15, -0.1) is 0 Å². The Hall–Kier alpha value is -1.22. The topological polar surface area (TPSA) is 95.7 Å². The number of carbonyl (C=O) groups is 1. The fourth-order valence-corrected chi connectivity index (χ4v) is 2.40. The first kappa shape index (κ1) is 16.8. The summed E-state index contributed by atoms with van der Waals surface area (Å²) in [5.74, 6) is -2.02. The second-order valence-electron chi connectivity index (χ2n) is 3.64. The molecule has 112 valence electrons. The third-order valence-electron chi connectivity index (χ3n) is 2.21. The normalized spacial score (nSPS) is 11.4. The van der Waals surface area contributed by atoms with Crippen molar-refractivity contribution in [1.82, 2.24) is 0 Å². The lowest BCUT2D eigenvalue weighted by Gasteiger charge is -2.08. The fourth-order valence-electron chi connectivity index (χ4n) is 1.32. The van der Waals surface area contributed by atoms with Gasteiger partial charge in [0.25, 0.3) is 0 Å². The Labute approximate surface area is 120 Å². The van der Waals surface area contributed by atoms with Crippen LogP contribution in [0.2, 0.25) is 5.02 Å². The molecule has 0 heterocycles. The molecule has 1 rings (SSSR count). The molecule has 0 saturated carbocycles. The highest BCUT2D eigenvalue weighted by Crippen LogP contribution is 2.24. The van der Waals surface area contributed by atoms with E-state index in [-0.39, 0.29) is 13.2 Å². The highest BCUT2D eigenvalue weighted by Gasteiger charge is 2.21. The smallest absolute Gasteiger partial charge is 0.341 e. The van der Waals surface area contributed by atoms with Crippen LogP contribution in [-0.2, 0) is 19.5 Å². The third kappa shape index (κ3) is 4.41. The predicted octanol–water partition coefficient (Wildman–Crippen LogP) is 1.32. The molecule has 0 saturated heterocycles. The van der Waals surface area contributed by atoms with Gasteiger partial charge in [-0.2, -0.15) is 0 Å². The summed E-state index contributed by atoms with van der Waals surface area (Å²) in [5.41, 5.74) is -0.560. The van der Waals surface area contributed by atoms with Crippen LogP contribution in [-0.4, -0.2) is 34.2 Å². The minimum Gasteiger partial charge on any atom is -0.460 e. The Kier molecular flexibility index (Phi) is 5.88. The fraction of sp³-hybridized carbons (Fsp3) is 0.364. The van der Waals surface area contributed by atoms with E-state index in [0.29, 0.717) is 12.7 Å². The van der Waals surface area contributed by atoms with E-state index >= 15 is 0 Å². The molecule has 0 spiro atoms. The van der Waals surface area contributed by atoms with Gasteiger partial charge in [0, 0.05) is 6.61 Å². The van der Waals surface area contributed by atoms with Gasteiger partial charge >= 0.3 is 5.97 Å². The summed E-state index contributed by atoms with van der Waals surface area (Å²) >= 11 is 5.57. The van der Waals surface area contributed by atoms with Crippen molar-refractivity contribution in [2.45, 2.75) is 11.8 Å². The molecule has 0 aromatic heterocycles. The molecular weight excluding hydrogens is 313 g/mol. The summed E-state index contributed by atoms with van der Waals surface area (Å²) in [7, 11) is -4.17. The van der Waals surface area contributed by atoms with Crippen LogP contribution >= 0.6 is 11.6 Å². The predicted molar refractivity (Wildman–Crippen MR) is 69.6 cm³/mol. The van der Waals surface area contributed by atoms with Crippen LogP contribution in [0.4, 0.5) is 4.39 Å². The molecule has 2 N–H and O–H groups in total. The summed E-state index contributed by atoms with van der Waals surface area (Å²) in [4.78, 5) is 11.1. The second-order valence-corrected chi connectivity index (χ2v) is 5.58. The zero-order chi connectivity index (χ0) is 15.3. The zero-order valence-electron chi connectivity index (χ0n) is 10.6. The Morgan fingerprint density at radius 1 is 1.40 bits per heavy atom. The molecule has 0 amide bonds. The van der Waals surface area contributed by atoms with E-state index in [1.54, 1.807) is 6.92 Å². The van der Waals surface area contributed by atoms with E-state index in [1.165, 1.54) is 0 Å². The monoisotopic (exact) mass is 325 g/mol. The zero-order valence-corrected chi connectivity index (χ0v) is 12.1. The molecule has 0 atom stereocenters. The summed E-state index contributed by atoms with van der Waals surface area (Å²) in [5, 5.41) is 4.50. The molecule has 0 bridgehead atoms. The molecule has 1 aromatic carbocycles. The first-order valence-electron chi connectivity index (χ1n) is 5.54. The first-order chi connectivity index (χ1) is 9.27. The number of ether oxygens (including phenoxy) is 2. The van der Waals surface area contributed by atoms with Crippen molar-refractivity contribution in [3.63, 3.8) is 0 Å². The van der Waals surface area contributed by atoms with Gasteiger partial charge in [0.2, 0.25) is 10.0 Å². The number of halogens is 2. The lowest BCUT2D eigenvalue weighted by atomic mass is 10.2. The minimum atomic E-state index is -4.17. The van der Waals surface area contributed by atoms with Crippen LogP contribution in [0.15, 0.2) is 17.0 Å². The van der Waals surface area contributed by atoms with E-state index in [0.717, 1.165) is 6.07 Å². The standard InChI is InChI=1S/C11H13ClFNO5S/c1-2-18-3-4-19-11(15)7-5-10(20(14,16)17)8(12)6-9(7)13/h5-6H,2-4H2,1H3,(H2,14,16,17). The van der Waals surface area contributed by atoms with E-state index in [9.17, 15) is 17.6 Å². The maximum absolute atomic E-state index is 13.6. The van der Waals surface area contributed by atoms with Crippen molar-refractivity contribution >= 4 is 27.6 Å². The molecule has 6 nitrogen and oxygen atoms in total. The quantitative estimate of drug-likeness (QED) is 0.628. The number of esters is 1. The second kappa shape index (κ2) is 6.98. The Morgan fingerprint density at radius 3 is 2.60 bits per heavy atom. The minimum absolute atomic E-state index is 0.0839. The van der Waals surface area contributed by atoms with Crippen LogP contribution in [0.5, 0.6) is 0 Å². The number of hydrogen-bond donors (Lipinski definition) is 1. The summed E-state index contributed by atoms with van der Waals surface area (Å²) < 4.78 is 45.7. The summed E-state index contributed by atoms with van der Waals surface area (Å²) in [6.45, 7) is 2.28. The molecule has 0 aliphatic carbocycles. The number of rotatable bonds is 6. The molecule has 1 aromatic rings. The van der Waals surface area contributed by atoms with Crippen LogP contribution in [0, 0.1) is 5.82 Å². The molecule has 0 aliphatic heterocycles. The van der Waals surface area contributed by atoms with E-state index in [2.05, 4.69) is 0 Å². The van der Waals surface area contributed by atoms with Crippen molar-refractivity contribution < 1.29 is 27.1 Å². The third-order valence-corrected chi connectivity index (χ3v) is 3.59. The maximum Gasteiger partial charge on any atom is 0.341 e. The van der Waals surface area contributed by atoms with Crippen molar-refractivity contribution in [2.24, 2.45) is 5.14 Å². The van der Waals surface area contributed by atoms with Crippen LogP contribution < -0.4 is 5.14 Å². The van der Waals surface area contributed by atoms with E-state index in [4.69, 9.17) is 26.2 Å². The van der Waals surface area contributed by atoms with Crippen LogP contribution in [0.25, 0.3) is 0 Å². The van der Waals surface area contributed by atoms with Crippen molar-refractivity contribution in [2.75, 3.05) is 19.8 Å². The number of hydrogen-bond acceptors (Lipinski definition) is 5. The summed E-state index contributed by atoms with van der Waals surface area (Å²) in [6.07, 6.45) is 0. The average Bonchev–Trinajstić information content (AvgIpc) is 2.32. The SMILES string of the molecule is CCOCCOC(=O)c1cc(S(N)(=O)=O)c(Cl)cc1F.